The molecule has 1 atom stereocenters. The molecule has 1 aliphatic carbocycles. The van der Waals surface area contributed by atoms with E-state index in [9.17, 15) is 14.9 Å². The van der Waals surface area contributed by atoms with Crippen LogP contribution in [0.4, 0.5) is 5.69 Å². The van der Waals surface area contributed by atoms with E-state index in [0.29, 0.717) is 23.6 Å². The summed E-state index contributed by atoms with van der Waals surface area (Å²) >= 11 is 0. The van der Waals surface area contributed by atoms with Crippen LogP contribution in [0, 0.1) is 23.0 Å². The Balaban J connectivity index is 2.16. The Hall–Kier alpha value is -1.95. The summed E-state index contributed by atoms with van der Waals surface area (Å²) in [7, 11) is 0. The molecule has 1 aromatic carbocycles. The second-order valence-electron chi connectivity index (χ2n) is 5.57. The van der Waals surface area contributed by atoms with Crippen molar-refractivity contribution in [3.05, 3.63) is 39.4 Å². The van der Waals surface area contributed by atoms with E-state index in [2.05, 4.69) is 5.32 Å². The van der Waals surface area contributed by atoms with Crippen molar-refractivity contribution in [3.63, 3.8) is 0 Å². The van der Waals surface area contributed by atoms with Gasteiger partial charge < -0.3 is 11.1 Å². The van der Waals surface area contributed by atoms with E-state index in [1.807, 2.05) is 0 Å². The monoisotopic (exact) mass is 291 g/mol. The van der Waals surface area contributed by atoms with Gasteiger partial charge in [-0.05, 0) is 31.7 Å². The van der Waals surface area contributed by atoms with Gasteiger partial charge in [0.15, 0.2) is 0 Å². The molecule has 0 radical (unpaired) electrons. The van der Waals surface area contributed by atoms with Gasteiger partial charge >= 0.3 is 0 Å². The lowest BCUT2D eigenvalue weighted by Crippen LogP contribution is -2.44. The molecule has 1 fully saturated rings. The minimum Gasteiger partial charge on any atom is -0.348 e. The Morgan fingerprint density at radius 1 is 1.48 bits per heavy atom. The summed E-state index contributed by atoms with van der Waals surface area (Å²) in [5.74, 6) is 0.136. The Kier molecular flexibility index (Phi) is 4.90. The maximum absolute atomic E-state index is 12.4. The van der Waals surface area contributed by atoms with Crippen LogP contribution >= 0.6 is 0 Å². The fourth-order valence-corrected chi connectivity index (χ4v) is 3.04. The molecule has 1 amide bonds. The summed E-state index contributed by atoms with van der Waals surface area (Å²) in [5.41, 5.74) is 6.48. The van der Waals surface area contributed by atoms with E-state index >= 15 is 0 Å². The first kappa shape index (κ1) is 15.4. The molecule has 21 heavy (non-hydrogen) atoms. The molecule has 0 bridgehead atoms. The molecule has 0 aliphatic heterocycles. The van der Waals surface area contributed by atoms with Crippen molar-refractivity contribution < 1.29 is 9.72 Å². The number of rotatable bonds is 5. The van der Waals surface area contributed by atoms with Crippen LogP contribution < -0.4 is 11.1 Å². The molecule has 0 aromatic heterocycles. The third-order valence-electron chi connectivity index (χ3n) is 4.29. The average Bonchev–Trinajstić information content (AvgIpc) is 2.98. The smallest absolute Gasteiger partial charge is 0.273 e. The lowest BCUT2D eigenvalue weighted by Gasteiger charge is -2.23. The van der Waals surface area contributed by atoms with Crippen molar-refractivity contribution in [2.75, 3.05) is 6.54 Å². The molecule has 6 heteroatoms. The molecule has 0 spiro atoms. The molecule has 114 valence electrons. The minimum absolute atomic E-state index is 0.0344. The number of nitrogens with two attached hydrogens (primary N) is 1. The molecule has 0 heterocycles. The zero-order chi connectivity index (χ0) is 15.4. The normalized spacial score (nSPS) is 16.7. The Labute approximate surface area is 123 Å². The van der Waals surface area contributed by atoms with Crippen LogP contribution in [0.2, 0.25) is 0 Å². The maximum Gasteiger partial charge on any atom is 0.273 e. The number of carbonyl (C=O) groups excluding carboxylic acids is 1. The first-order chi connectivity index (χ1) is 10.0. The fourth-order valence-electron chi connectivity index (χ4n) is 3.04. The van der Waals surface area contributed by atoms with E-state index < -0.39 is 4.92 Å². The molecule has 1 aromatic rings. The van der Waals surface area contributed by atoms with Gasteiger partial charge in [0.25, 0.3) is 11.6 Å². The first-order valence-corrected chi connectivity index (χ1v) is 7.29. The zero-order valence-electron chi connectivity index (χ0n) is 12.2. The lowest BCUT2D eigenvalue weighted by molar-refractivity contribution is -0.385. The van der Waals surface area contributed by atoms with Crippen molar-refractivity contribution in [1.29, 1.82) is 0 Å². The maximum atomic E-state index is 12.4. The highest BCUT2D eigenvalue weighted by Crippen LogP contribution is 2.28. The molecular weight excluding hydrogens is 270 g/mol. The van der Waals surface area contributed by atoms with Crippen LogP contribution in [-0.4, -0.2) is 23.4 Å². The molecule has 6 nitrogen and oxygen atoms in total. The SMILES string of the molecule is Cc1c(C(=O)NC(CN)C2CCCC2)cccc1[N+](=O)[O-]. The number of benzene rings is 1. The van der Waals surface area contributed by atoms with Crippen molar-refractivity contribution in [3.8, 4) is 0 Å². The highest BCUT2D eigenvalue weighted by molar-refractivity contribution is 5.96. The minimum atomic E-state index is -0.469. The molecule has 1 aliphatic rings. The summed E-state index contributed by atoms with van der Waals surface area (Å²) in [6.07, 6.45) is 4.51. The highest BCUT2D eigenvalue weighted by atomic mass is 16.6. The summed E-state index contributed by atoms with van der Waals surface area (Å²) < 4.78 is 0. The van der Waals surface area contributed by atoms with E-state index in [0.717, 1.165) is 12.8 Å². The van der Waals surface area contributed by atoms with Gasteiger partial charge in [-0.15, -0.1) is 0 Å². The average molecular weight is 291 g/mol. The van der Waals surface area contributed by atoms with E-state index in [1.165, 1.54) is 25.0 Å². The number of amides is 1. The van der Waals surface area contributed by atoms with Crippen LogP contribution in [0.5, 0.6) is 0 Å². The molecule has 1 saturated carbocycles. The van der Waals surface area contributed by atoms with Crippen LogP contribution in [0.25, 0.3) is 0 Å². The first-order valence-electron chi connectivity index (χ1n) is 7.29. The molecule has 0 saturated heterocycles. The number of nitrogens with one attached hydrogen (secondary N) is 1. The number of nitro groups is 1. The van der Waals surface area contributed by atoms with E-state index in [1.54, 1.807) is 13.0 Å². The van der Waals surface area contributed by atoms with Crippen LogP contribution in [0.3, 0.4) is 0 Å². The third kappa shape index (κ3) is 3.39. The number of nitro benzene ring substituents is 1. The van der Waals surface area contributed by atoms with Gasteiger partial charge in [-0.25, -0.2) is 0 Å². The molecule has 3 N–H and O–H groups in total. The second kappa shape index (κ2) is 6.67. The number of hydrogen-bond donors (Lipinski definition) is 2. The van der Waals surface area contributed by atoms with Crippen molar-refractivity contribution in [1.82, 2.24) is 5.32 Å². The number of hydrogen-bond acceptors (Lipinski definition) is 4. The van der Waals surface area contributed by atoms with E-state index in [-0.39, 0.29) is 17.6 Å². The van der Waals surface area contributed by atoms with Crippen LogP contribution in [-0.2, 0) is 0 Å². The van der Waals surface area contributed by atoms with Crippen LogP contribution in [0.1, 0.15) is 41.6 Å². The summed E-state index contributed by atoms with van der Waals surface area (Å²) in [5, 5.41) is 13.9. The summed E-state index contributed by atoms with van der Waals surface area (Å²) in [4.78, 5) is 22.8. The van der Waals surface area contributed by atoms with Gasteiger partial charge in [-0.3, -0.25) is 14.9 Å². The van der Waals surface area contributed by atoms with Gasteiger partial charge in [-0.1, -0.05) is 18.9 Å². The standard InChI is InChI=1S/C15H21N3O3/c1-10-12(7-4-8-14(10)18(20)21)15(19)17-13(9-16)11-5-2-3-6-11/h4,7-8,11,13H,2-3,5-6,9,16H2,1H3,(H,17,19). The summed E-state index contributed by atoms with van der Waals surface area (Å²) in [6.45, 7) is 1.99. The Morgan fingerprint density at radius 3 is 2.71 bits per heavy atom. The van der Waals surface area contributed by atoms with Crippen LogP contribution in [0.15, 0.2) is 18.2 Å². The Bertz CT molecular complexity index is 539. The number of carbonyl (C=O) groups is 1. The predicted molar refractivity (Wildman–Crippen MR) is 80.1 cm³/mol. The van der Waals surface area contributed by atoms with Crippen molar-refractivity contribution in [2.24, 2.45) is 11.7 Å². The lowest BCUT2D eigenvalue weighted by atomic mass is 9.97. The Morgan fingerprint density at radius 2 is 2.14 bits per heavy atom. The fraction of sp³-hybridized carbons (Fsp3) is 0.533. The van der Waals surface area contributed by atoms with Crippen molar-refractivity contribution in [2.45, 2.75) is 38.6 Å². The summed E-state index contributed by atoms with van der Waals surface area (Å²) in [6, 6.07) is 4.50. The van der Waals surface area contributed by atoms with Gasteiger partial charge in [0.2, 0.25) is 0 Å². The predicted octanol–water partition coefficient (Wildman–Crippen LogP) is 2.15. The molecule has 1 unspecified atom stereocenters. The van der Waals surface area contributed by atoms with Gasteiger partial charge in [0, 0.05) is 29.8 Å². The molecular formula is C15H21N3O3. The van der Waals surface area contributed by atoms with Crippen molar-refractivity contribution >= 4 is 11.6 Å². The number of nitrogens with zero attached hydrogens (tertiary/aromatic N) is 1. The largest absolute Gasteiger partial charge is 0.348 e. The van der Waals surface area contributed by atoms with E-state index in [4.69, 9.17) is 5.73 Å². The second-order valence-corrected chi connectivity index (χ2v) is 5.57. The van der Waals surface area contributed by atoms with Gasteiger partial charge in [-0.2, -0.15) is 0 Å². The van der Waals surface area contributed by atoms with Gasteiger partial charge in [0.05, 0.1) is 4.92 Å². The molecule has 2 rings (SSSR count). The third-order valence-corrected chi connectivity index (χ3v) is 4.29. The highest BCUT2D eigenvalue weighted by Gasteiger charge is 2.26. The topological polar surface area (TPSA) is 98.3 Å². The quantitative estimate of drug-likeness (QED) is 0.641. The zero-order valence-corrected chi connectivity index (χ0v) is 12.2. The van der Waals surface area contributed by atoms with Gasteiger partial charge in [0.1, 0.15) is 0 Å².